The van der Waals surface area contributed by atoms with Gasteiger partial charge in [-0.2, -0.15) is 0 Å². The molecule has 0 fully saturated rings. The third-order valence-corrected chi connectivity index (χ3v) is 1.58. The van der Waals surface area contributed by atoms with E-state index in [0.717, 1.165) is 6.42 Å². The van der Waals surface area contributed by atoms with Crippen molar-refractivity contribution in [2.75, 3.05) is 0 Å². The van der Waals surface area contributed by atoms with Crippen molar-refractivity contribution in [2.45, 2.75) is 13.3 Å². The van der Waals surface area contributed by atoms with Crippen molar-refractivity contribution < 1.29 is 0 Å². The van der Waals surface area contributed by atoms with Crippen molar-refractivity contribution in [2.24, 2.45) is 7.05 Å². The van der Waals surface area contributed by atoms with Crippen molar-refractivity contribution in [1.82, 2.24) is 9.55 Å². The molecule has 0 radical (unpaired) electrons. The summed E-state index contributed by atoms with van der Waals surface area (Å²) in [4.78, 5) is 4.03. The Balaban J connectivity index is 3.12. The second kappa shape index (κ2) is 2.57. The van der Waals surface area contributed by atoms with Crippen LogP contribution in [-0.2, 0) is 13.5 Å². The van der Waals surface area contributed by atoms with E-state index in [-0.39, 0.29) is 0 Å². The maximum Gasteiger partial charge on any atom is 0.184 e. The summed E-state index contributed by atoms with van der Waals surface area (Å²) in [6.07, 6.45) is 7.98. The Bertz CT molecular complexity index is 265. The summed E-state index contributed by atoms with van der Waals surface area (Å²) in [5, 5.41) is 0. The normalized spacial score (nSPS) is 9.30. The molecule has 10 heavy (non-hydrogen) atoms. The molecule has 1 heterocycles. The number of hydrogen-bond acceptors (Lipinski definition) is 1. The van der Waals surface area contributed by atoms with Crippen molar-refractivity contribution in [3.63, 3.8) is 0 Å². The van der Waals surface area contributed by atoms with Crippen LogP contribution in [-0.4, -0.2) is 9.55 Å². The number of aryl methyl sites for hydroxylation is 1. The highest BCUT2D eigenvalue weighted by atomic mass is 15.0. The van der Waals surface area contributed by atoms with Gasteiger partial charge < -0.3 is 4.57 Å². The molecule has 0 aromatic carbocycles. The van der Waals surface area contributed by atoms with E-state index in [0.29, 0.717) is 5.82 Å². The van der Waals surface area contributed by atoms with Crippen LogP contribution < -0.4 is 0 Å². The van der Waals surface area contributed by atoms with Gasteiger partial charge in [0.1, 0.15) is 0 Å². The molecular weight excluding hydrogens is 124 g/mol. The molecule has 2 nitrogen and oxygen atoms in total. The van der Waals surface area contributed by atoms with Crippen molar-refractivity contribution >= 4 is 0 Å². The van der Waals surface area contributed by atoms with E-state index in [1.165, 1.54) is 5.69 Å². The summed E-state index contributed by atoms with van der Waals surface area (Å²) in [7, 11) is 1.93. The minimum Gasteiger partial charge on any atom is -0.325 e. The van der Waals surface area contributed by atoms with Crippen LogP contribution in [0.1, 0.15) is 18.4 Å². The number of terminal acetylenes is 1. The molecule has 0 saturated heterocycles. The first-order valence-electron chi connectivity index (χ1n) is 3.26. The Labute approximate surface area is 60.9 Å². The molecule has 52 valence electrons. The summed E-state index contributed by atoms with van der Waals surface area (Å²) in [5.74, 6) is 3.21. The molecule has 0 aliphatic rings. The lowest BCUT2D eigenvalue weighted by Gasteiger charge is -1.96. The third kappa shape index (κ3) is 0.906. The van der Waals surface area contributed by atoms with Gasteiger partial charge in [-0.05, 0) is 12.3 Å². The third-order valence-electron chi connectivity index (χ3n) is 1.58. The van der Waals surface area contributed by atoms with Crippen LogP contribution in [0.4, 0.5) is 0 Å². The number of imidazole rings is 1. The van der Waals surface area contributed by atoms with Crippen LogP contribution in [0.25, 0.3) is 0 Å². The van der Waals surface area contributed by atoms with Gasteiger partial charge in [0, 0.05) is 18.9 Å². The second-order valence-corrected chi connectivity index (χ2v) is 2.13. The van der Waals surface area contributed by atoms with Gasteiger partial charge in [0.15, 0.2) is 5.82 Å². The van der Waals surface area contributed by atoms with Gasteiger partial charge in [0.05, 0.1) is 0 Å². The van der Waals surface area contributed by atoms with E-state index in [1.807, 2.05) is 17.8 Å². The molecule has 0 amide bonds. The van der Waals surface area contributed by atoms with Crippen LogP contribution in [0.2, 0.25) is 0 Å². The Morgan fingerprint density at radius 3 is 2.80 bits per heavy atom. The number of aromatic nitrogens is 2. The molecule has 2 heteroatoms. The molecule has 0 N–H and O–H groups in total. The number of nitrogens with zero attached hydrogens (tertiary/aromatic N) is 2. The molecule has 0 aliphatic heterocycles. The molecule has 1 aromatic rings. The van der Waals surface area contributed by atoms with Crippen molar-refractivity contribution in [1.29, 1.82) is 0 Å². The standard InChI is InChI=1S/C8H10N2/c1-4-7-6-9-8(5-2)10(7)3/h2,6H,4H2,1,3H3. The molecule has 0 saturated carbocycles. The molecule has 0 spiro atoms. The highest BCUT2D eigenvalue weighted by Gasteiger charge is 1.99. The Kier molecular flexibility index (Phi) is 1.77. The van der Waals surface area contributed by atoms with Gasteiger partial charge in [0.25, 0.3) is 0 Å². The fraction of sp³-hybridized carbons (Fsp3) is 0.375. The largest absolute Gasteiger partial charge is 0.325 e. The molecule has 0 bridgehead atoms. The van der Waals surface area contributed by atoms with Crippen LogP contribution in [0.3, 0.4) is 0 Å². The van der Waals surface area contributed by atoms with Crippen LogP contribution >= 0.6 is 0 Å². The van der Waals surface area contributed by atoms with Gasteiger partial charge in [-0.25, -0.2) is 4.98 Å². The van der Waals surface area contributed by atoms with Gasteiger partial charge in [-0.3, -0.25) is 0 Å². The monoisotopic (exact) mass is 134 g/mol. The zero-order chi connectivity index (χ0) is 7.56. The maximum atomic E-state index is 5.19. The second-order valence-electron chi connectivity index (χ2n) is 2.13. The first-order chi connectivity index (χ1) is 4.79. The Morgan fingerprint density at radius 2 is 2.50 bits per heavy atom. The van der Waals surface area contributed by atoms with E-state index in [4.69, 9.17) is 6.42 Å². The van der Waals surface area contributed by atoms with E-state index >= 15 is 0 Å². The fourth-order valence-corrected chi connectivity index (χ4v) is 0.907. The maximum absolute atomic E-state index is 5.19. The molecule has 0 aliphatic carbocycles. The average molecular weight is 134 g/mol. The highest BCUT2D eigenvalue weighted by Crippen LogP contribution is 2.01. The minimum absolute atomic E-state index is 0.705. The van der Waals surface area contributed by atoms with Crippen LogP contribution in [0, 0.1) is 12.3 Å². The first-order valence-corrected chi connectivity index (χ1v) is 3.26. The van der Waals surface area contributed by atoms with E-state index in [9.17, 15) is 0 Å². The number of rotatable bonds is 1. The van der Waals surface area contributed by atoms with Gasteiger partial charge in [0.2, 0.25) is 0 Å². The van der Waals surface area contributed by atoms with Gasteiger partial charge in [-0.1, -0.05) is 6.92 Å². The average Bonchev–Trinajstić information content (AvgIpc) is 2.30. The lowest BCUT2D eigenvalue weighted by molar-refractivity contribution is 0.821. The molecular formula is C8H10N2. The summed E-state index contributed by atoms with van der Waals surface area (Å²) in [6, 6.07) is 0. The Morgan fingerprint density at radius 1 is 1.80 bits per heavy atom. The van der Waals surface area contributed by atoms with Gasteiger partial charge in [-0.15, -0.1) is 6.42 Å². The lowest BCUT2D eigenvalue weighted by atomic mass is 10.4. The molecule has 1 aromatic heterocycles. The molecule has 0 atom stereocenters. The SMILES string of the molecule is C#Cc1ncc(CC)n1C. The first kappa shape index (κ1) is 6.88. The van der Waals surface area contributed by atoms with E-state index < -0.39 is 0 Å². The van der Waals surface area contributed by atoms with Crippen LogP contribution in [0.5, 0.6) is 0 Å². The summed E-state index contributed by atoms with van der Waals surface area (Å²) in [5.41, 5.74) is 1.17. The smallest absolute Gasteiger partial charge is 0.184 e. The topological polar surface area (TPSA) is 17.8 Å². The van der Waals surface area contributed by atoms with E-state index in [2.05, 4.69) is 17.8 Å². The fourth-order valence-electron chi connectivity index (χ4n) is 0.907. The minimum atomic E-state index is 0.705. The molecule has 0 unspecified atom stereocenters. The summed E-state index contributed by atoms with van der Waals surface area (Å²) >= 11 is 0. The van der Waals surface area contributed by atoms with Gasteiger partial charge >= 0.3 is 0 Å². The lowest BCUT2D eigenvalue weighted by Crippen LogP contribution is -1.96. The van der Waals surface area contributed by atoms with Crippen molar-refractivity contribution in [3.8, 4) is 12.3 Å². The zero-order valence-corrected chi connectivity index (χ0v) is 6.26. The highest BCUT2D eigenvalue weighted by molar-refractivity contribution is 5.20. The summed E-state index contributed by atoms with van der Waals surface area (Å²) in [6.45, 7) is 2.08. The van der Waals surface area contributed by atoms with Crippen molar-refractivity contribution in [3.05, 3.63) is 17.7 Å². The number of hydrogen-bond donors (Lipinski definition) is 0. The van der Waals surface area contributed by atoms with Crippen LogP contribution in [0.15, 0.2) is 6.20 Å². The van der Waals surface area contributed by atoms with E-state index in [1.54, 1.807) is 0 Å². The molecule has 1 rings (SSSR count). The Hall–Kier alpha value is -1.23. The predicted molar refractivity (Wildman–Crippen MR) is 40.5 cm³/mol. The predicted octanol–water partition coefficient (Wildman–Crippen LogP) is 0.964. The summed E-state index contributed by atoms with van der Waals surface area (Å²) < 4.78 is 1.93. The zero-order valence-electron chi connectivity index (χ0n) is 6.26. The quantitative estimate of drug-likeness (QED) is 0.523.